The zero-order valence-corrected chi connectivity index (χ0v) is 18.7. The third kappa shape index (κ3) is 4.78. The predicted octanol–water partition coefficient (Wildman–Crippen LogP) is 1.73. The van der Waals surface area contributed by atoms with Crippen LogP contribution in [0.15, 0.2) is 53.7 Å². The van der Waals surface area contributed by atoms with Gasteiger partial charge in [-0.15, -0.1) is 0 Å². The van der Waals surface area contributed by atoms with Crippen LogP contribution < -0.4 is 15.8 Å². The summed E-state index contributed by atoms with van der Waals surface area (Å²) in [5.41, 5.74) is 6.27. The topological polar surface area (TPSA) is 123 Å². The first-order valence-electron chi connectivity index (χ1n) is 10.3. The van der Waals surface area contributed by atoms with Crippen molar-refractivity contribution in [2.45, 2.75) is 24.5 Å². The third-order valence-corrected chi connectivity index (χ3v) is 6.01. The predicted molar refractivity (Wildman–Crippen MR) is 121 cm³/mol. The average molecular weight is 471 g/mol. The van der Waals surface area contributed by atoms with Gasteiger partial charge in [-0.25, -0.2) is 0 Å². The Kier molecular flexibility index (Phi) is 6.24. The van der Waals surface area contributed by atoms with E-state index in [1.54, 1.807) is 36.4 Å². The minimum atomic E-state index is -0.855. The molecule has 2 atom stereocenters. The standard InChI is InChI=1S/C23H23ClN4O5/c1-32-17-8-4-15(5-9-17)22(31)28-13-23(11-19(28)21(30)26-12-20(25)29)10-18(27-33-23)14-2-6-16(24)7-3-14/h2-9,19H,10-13H2,1H3,(H2,25,29)(H,26,30)/t19-,23?/m0/s1. The molecule has 0 aromatic heterocycles. The maximum atomic E-state index is 13.3. The van der Waals surface area contributed by atoms with Crippen LogP contribution in [0.3, 0.4) is 0 Å². The number of nitrogens with one attached hydrogen (secondary N) is 1. The molecule has 1 fully saturated rings. The number of oxime groups is 1. The van der Waals surface area contributed by atoms with Gasteiger partial charge in [-0.3, -0.25) is 14.4 Å². The summed E-state index contributed by atoms with van der Waals surface area (Å²) in [7, 11) is 1.54. The van der Waals surface area contributed by atoms with E-state index in [-0.39, 0.29) is 25.4 Å². The number of hydrogen-bond donors (Lipinski definition) is 2. The summed E-state index contributed by atoms with van der Waals surface area (Å²) in [6, 6.07) is 13.0. The van der Waals surface area contributed by atoms with Gasteiger partial charge in [0.05, 0.1) is 25.9 Å². The van der Waals surface area contributed by atoms with Gasteiger partial charge in [0.15, 0.2) is 5.60 Å². The molecule has 2 aliphatic heterocycles. The maximum Gasteiger partial charge on any atom is 0.254 e. The van der Waals surface area contributed by atoms with Crippen molar-refractivity contribution in [2.24, 2.45) is 10.9 Å². The zero-order chi connectivity index (χ0) is 23.6. The minimum absolute atomic E-state index is 0.160. The first-order chi connectivity index (χ1) is 15.8. The molecule has 0 radical (unpaired) electrons. The molecular weight excluding hydrogens is 448 g/mol. The molecule has 1 saturated heterocycles. The largest absolute Gasteiger partial charge is 0.497 e. The van der Waals surface area contributed by atoms with E-state index in [1.807, 2.05) is 12.1 Å². The van der Waals surface area contributed by atoms with Gasteiger partial charge in [0.1, 0.15) is 11.8 Å². The van der Waals surface area contributed by atoms with E-state index >= 15 is 0 Å². The van der Waals surface area contributed by atoms with Crippen LogP contribution in [0, 0.1) is 0 Å². The number of nitrogens with zero attached hydrogens (tertiary/aromatic N) is 2. The van der Waals surface area contributed by atoms with Crippen LogP contribution in [0.1, 0.15) is 28.8 Å². The Hall–Kier alpha value is -3.59. The van der Waals surface area contributed by atoms with Crippen molar-refractivity contribution in [3.8, 4) is 5.75 Å². The van der Waals surface area contributed by atoms with Crippen LogP contribution in [0.4, 0.5) is 0 Å². The molecule has 172 valence electrons. The summed E-state index contributed by atoms with van der Waals surface area (Å²) in [4.78, 5) is 44.7. The van der Waals surface area contributed by atoms with Gasteiger partial charge in [0, 0.05) is 23.4 Å². The number of hydrogen-bond acceptors (Lipinski definition) is 6. The van der Waals surface area contributed by atoms with Crippen LogP contribution in [0.2, 0.25) is 5.02 Å². The van der Waals surface area contributed by atoms with Crippen molar-refractivity contribution in [3.63, 3.8) is 0 Å². The summed E-state index contributed by atoms with van der Waals surface area (Å²) in [5.74, 6) is -0.872. The number of rotatable bonds is 6. The smallest absolute Gasteiger partial charge is 0.254 e. The van der Waals surface area contributed by atoms with E-state index in [9.17, 15) is 14.4 Å². The van der Waals surface area contributed by atoms with Crippen LogP contribution in [0.25, 0.3) is 0 Å². The lowest BCUT2D eigenvalue weighted by Crippen LogP contribution is -2.47. The Morgan fingerprint density at radius 3 is 2.55 bits per heavy atom. The normalized spacial score (nSPS) is 21.5. The molecule has 2 heterocycles. The van der Waals surface area contributed by atoms with Gasteiger partial charge >= 0.3 is 0 Å². The fourth-order valence-corrected chi connectivity index (χ4v) is 4.23. The van der Waals surface area contributed by atoms with Gasteiger partial charge < -0.3 is 25.5 Å². The van der Waals surface area contributed by atoms with Crippen LogP contribution in [-0.2, 0) is 14.4 Å². The molecular formula is C23H23ClN4O5. The molecule has 3 N–H and O–H groups in total. The molecule has 2 aliphatic rings. The van der Waals surface area contributed by atoms with E-state index in [1.165, 1.54) is 12.0 Å². The van der Waals surface area contributed by atoms with Gasteiger partial charge in [0.2, 0.25) is 11.8 Å². The number of halogens is 1. The molecule has 10 heteroatoms. The molecule has 2 aromatic rings. The van der Waals surface area contributed by atoms with E-state index in [0.717, 1.165) is 5.56 Å². The number of primary amides is 1. The molecule has 0 bridgehead atoms. The average Bonchev–Trinajstić information content (AvgIpc) is 3.41. The van der Waals surface area contributed by atoms with Crippen LogP contribution >= 0.6 is 11.6 Å². The van der Waals surface area contributed by atoms with E-state index in [0.29, 0.717) is 28.5 Å². The Morgan fingerprint density at radius 1 is 1.21 bits per heavy atom. The highest BCUT2D eigenvalue weighted by atomic mass is 35.5. The first-order valence-corrected chi connectivity index (χ1v) is 10.7. The minimum Gasteiger partial charge on any atom is -0.497 e. The lowest BCUT2D eigenvalue weighted by Gasteiger charge is -2.24. The Bertz CT molecular complexity index is 1100. The van der Waals surface area contributed by atoms with E-state index in [2.05, 4.69) is 10.5 Å². The number of ether oxygens (including phenoxy) is 1. The number of amides is 3. The molecule has 1 spiro atoms. The lowest BCUT2D eigenvalue weighted by molar-refractivity contribution is -0.127. The Labute approximate surface area is 195 Å². The van der Waals surface area contributed by atoms with Crippen molar-refractivity contribution in [2.75, 3.05) is 20.2 Å². The molecule has 0 aliphatic carbocycles. The molecule has 2 aromatic carbocycles. The van der Waals surface area contributed by atoms with E-state index < -0.39 is 23.5 Å². The van der Waals surface area contributed by atoms with Crippen molar-refractivity contribution in [1.82, 2.24) is 10.2 Å². The second-order valence-corrected chi connectivity index (χ2v) is 8.50. The summed E-state index contributed by atoms with van der Waals surface area (Å²) >= 11 is 5.98. The molecule has 1 unspecified atom stereocenters. The van der Waals surface area contributed by atoms with Gasteiger partial charge in [-0.1, -0.05) is 28.9 Å². The van der Waals surface area contributed by atoms with Crippen LogP contribution in [0.5, 0.6) is 5.75 Å². The number of benzene rings is 2. The number of carbonyl (C=O) groups is 3. The fraction of sp³-hybridized carbons (Fsp3) is 0.304. The highest BCUT2D eigenvalue weighted by molar-refractivity contribution is 6.30. The van der Waals surface area contributed by atoms with Gasteiger partial charge in [-0.2, -0.15) is 0 Å². The van der Waals surface area contributed by atoms with Crippen molar-refractivity contribution in [1.29, 1.82) is 0 Å². The van der Waals surface area contributed by atoms with Crippen LogP contribution in [-0.4, -0.2) is 60.2 Å². The SMILES string of the molecule is COc1ccc(C(=O)N2CC3(CC(c4ccc(Cl)cc4)=NO3)C[C@H]2C(=O)NCC(N)=O)cc1. The van der Waals surface area contributed by atoms with Gasteiger partial charge in [0.25, 0.3) is 5.91 Å². The summed E-state index contributed by atoms with van der Waals surface area (Å²) in [6.45, 7) is -0.159. The first kappa shape index (κ1) is 22.6. The summed E-state index contributed by atoms with van der Waals surface area (Å²) in [5, 5.41) is 7.35. The maximum absolute atomic E-state index is 13.3. The summed E-state index contributed by atoms with van der Waals surface area (Å²) < 4.78 is 5.15. The number of nitrogens with two attached hydrogens (primary N) is 1. The summed E-state index contributed by atoms with van der Waals surface area (Å²) in [6.07, 6.45) is 0.640. The molecule has 0 saturated carbocycles. The molecule has 3 amide bonds. The lowest BCUT2D eigenvalue weighted by atomic mass is 9.91. The van der Waals surface area contributed by atoms with E-state index in [4.69, 9.17) is 26.9 Å². The fourth-order valence-electron chi connectivity index (χ4n) is 4.10. The quantitative estimate of drug-likeness (QED) is 0.665. The Morgan fingerprint density at radius 2 is 1.91 bits per heavy atom. The molecule has 9 nitrogen and oxygen atoms in total. The second kappa shape index (κ2) is 9.11. The second-order valence-electron chi connectivity index (χ2n) is 8.06. The third-order valence-electron chi connectivity index (χ3n) is 5.75. The highest BCUT2D eigenvalue weighted by Gasteiger charge is 2.53. The highest BCUT2D eigenvalue weighted by Crippen LogP contribution is 2.39. The molecule has 4 rings (SSSR count). The Balaban J connectivity index is 1.57. The zero-order valence-electron chi connectivity index (χ0n) is 17.9. The number of likely N-dealkylation sites (tertiary alicyclic amines) is 1. The van der Waals surface area contributed by atoms with Crippen molar-refractivity contribution in [3.05, 3.63) is 64.7 Å². The number of carbonyl (C=O) groups excluding carboxylic acids is 3. The van der Waals surface area contributed by atoms with Crippen molar-refractivity contribution >= 4 is 35.0 Å². The molecule has 33 heavy (non-hydrogen) atoms. The van der Waals surface area contributed by atoms with Gasteiger partial charge in [-0.05, 0) is 42.0 Å². The van der Waals surface area contributed by atoms with Crippen molar-refractivity contribution < 1.29 is 24.0 Å². The number of methoxy groups -OCH3 is 1. The monoisotopic (exact) mass is 470 g/mol.